The zero-order valence-electron chi connectivity index (χ0n) is 13.4. The van der Waals surface area contributed by atoms with E-state index in [0.717, 1.165) is 15.6 Å². The predicted octanol–water partition coefficient (Wildman–Crippen LogP) is 2.69. The van der Waals surface area contributed by atoms with E-state index in [0.29, 0.717) is 0 Å². The fourth-order valence-electron chi connectivity index (χ4n) is 2.37. The Morgan fingerprint density at radius 1 is 1.33 bits per heavy atom. The molecule has 0 aliphatic heterocycles. The first-order valence-electron chi connectivity index (χ1n) is 7.56. The maximum Gasteiger partial charge on any atom is 0.259 e. The summed E-state index contributed by atoms with van der Waals surface area (Å²) >= 11 is 1.53. The summed E-state index contributed by atoms with van der Waals surface area (Å²) in [5.74, 6) is 0. The quantitative estimate of drug-likeness (QED) is 0.703. The fourth-order valence-corrected chi connectivity index (χ4v) is 4.35. The van der Waals surface area contributed by atoms with Crippen LogP contribution in [0.4, 0.5) is 0 Å². The number of aromatic nitrogens is 2. The highest BCUT2D eigenvalue weighted by Crippen LogP contribution is 2.30. The van der Waals surface area contributed by atoms with Gasteiger partial charge in [-0.25, -0.2) is 18.1 Å². The fraction of sp³-hybridized carbons (Fsp3) is 0.312. The number of hydrogen-bond acceptors (Lipinski definition) is 5. The second-order valence-corrected chi connectivity index (χ2v) is 8.43. The molecule has 6 nitrogen and oxygen atoms in total. The van der Waals surface area contributed by atoms with Crippen LogP contribution in [0.25, 0.3) is 10.1 Å². The number of imidazole rings is 1. The van der Waals surface area contributed by atoms with Gasteiger partial charge in [0.1, 0.15) is 0 Å². The SMILES string of the molecule is CC(C)n1cnc(S(=O)(=O)NCC(O)c2csc3ccccc23)c1. The molecule has 3 aromatic rings. The van der Waals surface area contributed by atoms with Gasteiger partial charge in [0.25, 0.3) is 10.0 Å². The third kappa shape index (κ3) is 3.36. The first-order chi connectivity index (χ1) is 11.4. The van der Waals surface area contributed by atoms with Crippen LogP contribution in [0.3, 0.4) is 0 Å². The molecule has 0 fully saturated rings. The molecule has 0 radical (unpaired) electrons. The summed E-state index contributed by atoms with van der Waals surface area (Å²) in [6, 6.07) is 7.85. The molecule has 2 aromatic heterocycles. The molecule has 0 spiro atoms. The Morgan fingerprint density at radius 3 is 2.79 bits per heavy atom. The molecule has 1 atom stereocenters. The van der Waals surface area contributed by atoms with E-state index in [-0.39, 0.29) is 17.6 Å². The minimum Gasteiger partial charge on any atom is -0.387 e. The van der Waals surface area contributed by atoms with Gasteiger partial charge >= 0.3 is 0 Å². The number of sulfonamides is 1. The molecule has 0 aliphatic carbocycles. The molecular weight excluding hydrogens is 346 g/mol. The van der Waals surface area contributed by atoms with E-state index in [1.54, 1.807) is 4.57 Å². The van der Waals surface area contributed by atoms with Crippen LogP contribution in [-0.4, -0.2) is 29.6 Å². The van der Waals surface area contributed by atoms with Crippen LogP contribution in [0.1, 0.15) is 31.6 Å². The van der Waals surface area contributed by atoms with Gasteiger partial charge in [0.05, 0.1) is 12.4 Å². The lowest BCUT2D eigenvalue weighted by Crippen LogP contribution is -2.28. The number of aliphatic hydroxyl groups is 1. The number of benzene rings is 1. The molecule has 2 N–H and O–H groups in total. The van der Waals surface area contributed by atoms with Crippen molar-refractivity contribution in [1.82, 2.24) is 14.3 Å². The Labute approximate surface area is 144 Å². The molecule has 2 heterocycles. The Hall–Kier alpha value is -1.74. The van der Waals surface area contributed by atoms with Gasteiger partial charge in [-0.1, -0.05) is 18.2 Å². The van der Waals surface area contributed by atoms with Crippen molar-refractivity contribution in [3.63, 3.8) is 0 Å². The first kappa shape index (κ1) is 17.1. The smallest absolute Gasteiger partial charge is 0.259 e. The first-order valence-corrected chi connectivity index (χ1v) is 9.92. The van der Waals surface area contributed by atoms with Crippen molar-refractivity contribution in [3.8, 4) is 0 Å². The van der Waals surface area contributed by atoms with Crippen LogP contribution in [0, 0.1) is 0 Å². The zero-order valence-corrected chi connectivity index (χ0v) is 15.0. The monoisotopic (exact) mass is 365 g/mol. The number of aliphatic hydroxyl groups excluding tert-OH is 1. The summed E-state index contributed by atoms with van der Waals surface area (Å²) in [4.78, 5) is 3.93. The van der Waals surface area contributed by atoms with Crippen LogP contribution >= 0.6 is 11.3 Å². The molecule has 3 rings (SSSR count). The summed E-state index contributed by atoms with van der Waals surface area (Å²) in [6.45, 7) is 3.78. The van der Waals surface area contributed by atoms with E-state index >= 15 is 0 Å². The number of nitrogens with one attached hydrogen (secondary N) is 1. The molecule has 8 heteroatoms. The van der Waals surface area contributed by atoms with Crippen LogP contribution in [0.5, 0.6) is 0 Å². The van der Waals surface area contributed by atoms with Gasteiger partial charge in [-0.05, 0) is 30.7 Å². The Balaban J connectivity index is 1.74. The van der Waals surface area contributed by atoms with Gasteiger partial charge in [-0.3, -0.25) is 0 Å². The lowest BCUT2D eigenvalue weighted by molar-refractivity contribution is 0.184. The molecule has 0 aliphatic rings. The van der Waals surface area contributed by atoms with E-state index in [1.165, 1.54) is 23.9 Å². The number of thiophene rings is 1. The van der Waals surface area contributed by atoms with Crippen LogP contribution < -0.4 is 4.72 Å². The van der Waals surface area contributed by atoms with Crippen molar-refractivity contribution in [3.05, 3.63) is 47.7 Å². The topological polar surface area (TPSA) is 84.2 Å². The highest BCUT2D eigenvalue weighted by Gasteiger charge is 2.21. The average Bonchev–Trinajstić information content (AvgIpc) is 3.20. The van der Waals surface area contributed by atoms with E-state index in [9.17, 15) is 13.5 Å². The second kappa shape index (κ2) is 6.64. The van der Waals surface area contributed by atoms with Crippen molar-refractivity contribution >= 4 is 31.4 Å². The van der Waals surface area contributed by atoms with Crippen molar-refractivity contribution in [2.24, 2.45) is 0 Å². The largest absolute Gasteiger partial charge is 0.387 e. The Kier molecular flexibility index (Phi) is 4.73. The summed E-state index contributed by atoms with van der Waals surface area (Å²) in [5.41, 5.74) is 0.728. The highest BCUT2D eigenvalue weighted by molar-refractivity contribution is 7.89. The van der Waals surface area contributed by atoms with Gasteiger partial charge in [-0.15, -0.1) is 11.3 Å². The van der Waals surface area contributed by atoms with Gasteiger partial charge in [0.15, 0.2) is 5.03 Å². The highest BCUT2D eigenvalue weighted by atomic mass is 32.2. The lowest BCUT2D eigenvalue weighted by Gasteiger charge is -2.11. The van der Waals surface area contributed by atoms with Gasteiger partial charge in [0.2, 0.25) is 0 Å². The molecule has 24 heavy (non-hydrogen) atoms. The lowest BCUT2D eigenvalue weighted by atomic mass is 10.1. The van der Waals surface area contributed by atoms with Gasteiger partial charge in [-0.2, -0.15) is 0 Å². The van der Waals surface area contributed by atoms with E-state index in [2.05, 4.69) is 9.71 Å². The number of rotatable bonds is 6. The van der Waals surface area contributed by atoms with E-state index in [1.807, 2.05) is 43.5 Å². The van der Waals surface area contributed by atoms with Crippen LogP contribution in [-0.2, 0) is 10.0 Å². The van der Waals surface area contributed by atoms with Crippen LogP contribution in [0.15, 0.2) is 47.2 Å². The number of fused-ring (bicyclic) bond motifs is 1. The minimum atomic E-state index is -3.75. The predicted molar refractivity (Wildman–Crippen MR) is 94.6 cm³/mol. The van der Waals surface area contributed by atoms with E-state index < -0.39 is 16.1 Å². The summed E-state index contributed by atoms with van der Waals surface area (Å²) < 4.78 is 29.8. The van der Waals surface area contributed by atoms with Gasteiger partial charge < -0.3 is 9.67 Å². The van der Waals surface area contributed by atoms with Crippen LogP contribution in [0.2, 0.25) is 0 Å². The number of nitrogens with zero attached hydrogens (tertiary/aromatic N) is 2. The molecule has 1 aromatic carbocycles. The maximum atomic E-state index is 12.3. The third-order valence-corrected chi connectivity index (χ3v) is 6.08. The van der Waals surface area contributed by atoms with Gasteiger partial charge in [0, 0.05) is 29.0 Å². The maximum absolute atomic E-state index is 12.3. The third-order valence-electron chi connectivity index (χ3n) is 3.79. The molecule has 0 bridgehead atoms. The van der Waals surface area contributed by atoms with Crippen molar-refractivity contribution in [2.75, 3.05) is 6.54 Å². The molecule has 0 saturated carbocycles. The molecular formula is C16H19N3O3S2. The van der Waals surface area contributed by atoms with Crippen molar-refractivity contribution in [1.29, 1.82) is 0 Å². The van der Waals surface area contributed by atoms with Crippen molar-refractivity contribution in [2.45, 2.75) is 31.0 Å². The molecule has 128 valence electrons. The van der Waals surface area contributed by atoms with E-state index in [4.69, 9.17) is 0 Å². The second-order valence-electron chi connectivity index (χ2n) is 5.81. The zero-order chi connectivity index (χ0) is 17.3. The molecule has 0 amide bonds. The number of hydrogen-bond donors (Lipinski definition) is 2. The Bertz CT molecular complexity index is 944. The normalized spacial score (nSPS) is 13.7. The average molecular weight is 365 g/mol. The standard InChI is InChI=1S/C16H19N3O3S2/c1-11(2)19-8-16(17-10-19)24(21,22)18-7-14(20)13-9-23-15-6-4-3-5-12(13)15/h3-6,8-11,14,18,20H,7H2,1-2H3. The molecule has 0 saturated heterocycles. The summed E-state index contributed by atoms with van der Waals surface area (Å²) in [5, 5.41) is 13.1. The summed E-state index contributed by atoms with van der Waals surface area (Å²) in [7, 11) is -3.75. The van der Waals surface area contributed by atoms with Crippen molar-refractivity contribution < 1.29 is 13.5 Å². The minimum absolute atomic E-state index is 0.0430. The molecule has 1 unspecified atom stereocenters. The Morgan fingerprint density at radius 2 is 2.08 bits per heavy atom. The summed E-state index contributed by atoms with van der Waals surface area (Å²) in [6.07, 6.45) is 2.06.